The Labute approximate surface area is 204 Å². The molecule has 34 heavy (non-hydrogen) atoms. The van der Waals surface area contributed by atoms with Gasteiger partial charge in [-0.1, -0.05) is 31.4 Å². The summed E-state index contributed by atoms with van der Waals surface area (Å²) in [6, 6.07) is 12.6. The number of ether oxygens (including phenoxy) is 1. The Morgan fingerprint density at radius 1 is 1.06 bits per heavy atom. The maximum Gasteiger partial charge on any atom is 0.226 e. The van der Waals surface area contributed by atoms with Gasteiger partial charge in [0.25, 0.3) is 0 Å². The number of benzene rings is 1. The number of piperazine rings is 1. The molecule has 2 aromatic rings. The summed E-state index contributed by atoms with van der Waals surface area (Å²) in [4.78, 5) is 22.6. The van der Waals surface area contributed by atoms with Crippen molar-refractivity contribution in [3.8, 4) is 16.9 Å². The minimum Gasteiger partial charge on any atom is -0.494 e. The van der Waals surface area contributed by atoms with Gasteiger partial charge in [0.05, 0.1) is 18.7 Å². The third-order valence-corrected chi connectivity index (χ3v) is 7.30. The maximum absolute atomic E-state index is 12.9. The van der Waals surface area contributed by atoms with Crippen LogP contribution in [0.4, 0.5) is 5.82 Å². The number of nitrogens with zero attached hydrogens (tertiary/aromatic N) is 3. The van der Waals surface area contributed by atoms with Crippen molar-refractivity contribution in [1.82, 2.24) is 15.2 Å². The van der Waals surface area contributed by atoms with Crippen LogP contribution in [0.15, 0.2) is 36.4 Å². The Morgan fingerprint density at radius 3 is 2.44 bits per heavy atom. The number of carbonyl (C=O) groups is 1. The van der Waals surface area contributed by atoms with Crippen molar-refractivity contribution in [3.05, 3.63) is 42.1 Å². The number of aromatic nitrogens is 1. The first-order valence-electron chi connectivity index (χ1n) is 13.0. The summed E-state index contributed by atoms with van der Waals surface area (Å²) >= 11 is 0. The van der Waals surface area contributed by atoms with E-state index in [4.69, 9.17) is 9.72 Å². The summed E-state index contributed by atoms with van der Waals surface area (Å²) in [6.07, 6.45) is 6.67. The van der Waals surface area contributed by atoms with E-state index in [1.54, 1.807) is 0 Å². The molecule has 1 aromatic carbocycles. The summed E-state index contributed by atoms with van der Waals surface area (Å²) in [5, 5.41) is 3.25. The van der Waals surface area contributed by atoms with Crippen molar-refractivity contribution in [2.24, 2.45) is 5.92 Å². The molecule has 4 rings (SSSR count). The van der Waals surface area contributed by atoms with E-state index < -0.39 is 0 Å². The third kappa shape index (κ3) is 6.29. The standard InChI is InChI=1S/C28H40N4O2/c1-4-34-25-13-10-23(11-14-25)26-15-12-24(30-28(26)32-18-16-31(3)17-19-32)20-27(33)29-21(2)22-8-6-5-7-9-22/h10-15,21-22H,4-9,16-20H2,1-3H3,(H,29,33)/t21-/m1/s1. The van der Waals surface area contributed by atoms with Crippen LogP contribution in [0.25, 0.3) is 11.1 Å². The Balaban J connectivity index is 1.52. The lowest BCUT2D eigenvalue weighted by Gasteiger charge is -2.34. The second-order valence-electron chi connectivity index (χ2n) is 9.85. The zero-order chi connectivity index (χ0) is 23.9. The zero-order valence-corrected chi connectivity index (χ0v) is 21.1. The molecule has 1 N–H and O–H groups in total. The summed E-state index contributed by atoms with van der Waals surface area (Å²) in [5.41, 5.74) is 3.05. The SMILES string of the molecule is CCOc1ccc(-c2ccc(CC(=O)N[C@H](C)C3CCCCC3)nc2N2CCN(C)CC2)cc1. The fraction of sp³-hybridized carbons (Fsp3) is 0.571. The van der Waals surface area contributed by atoms with E-state index in [9.17, 15) is 4.79 Å². The van der Waals surface area contributed by atoms with E-state index in [1.165, 1.54) is 32.1 Å². The highest BCUT2D eigenvalue weighted by Gasteiger charge is 2.23. The molecule has 2 fully saturated rings. The van der Waals surface area contributed by atoms with Gasteiger partial charge in [-0.25, -0.2) is 4.98 Å². The molecule has 1 aliphatic carbocycles. The topological polar surface area (TPSA) is 57.7 Å². The van der Waals surface area contributed by atoms with Gasteiger partial charge in [-0.2, -0.15) is 0 Å². The normalized spacial score (nSPS) is 18.5. The van der Waals surface area contributed by atoms with E-state index in [2.05, 4.69) is 47.3 Å². The molecule has 6 heteroatoms. The summed E-state index contributed by atoms with van der Waals surface area (Å²) in [6.45, 7) is 8.69. The van der Waals surface area contributed by atoms with E-state index in [0.29, 0.717) is 18.9 Å². The van der Waals surface area contributed by atoms with Gasteiger partial charge in [-0.05, 0) is 69.5 Å². The molecule has 0 radical (unpaired) electrons. The van der Waals surface area contributed by atoms with E-state index in [1.807, 2.05) is 25.1 Å². The van der Waals surface area contributed by atoms with E-state index >= 15 is 0 Å². The molecule has 1 aliphatic heterocycles. The number of amides is 1. The highest BCUT2D eigenvalue weighted by Crippen LogP contribution is 2.32. The van der Waals surface area contributed by atoms with Crippen LogP contribution in [0.5, 0.6) is 5.75 Å². The Bertz CT molecular complexity index is 932. The van der Waals surface area contributed by atoms with Crippen LogP contribution >= 0.6 is 0 Å². The number of hydrogen-bond donors (Lipinski definition) is 1. The van der Waals surface area contributed by atoms with Crippen LogP contribution in [0, 0.1) is 5.92 Å². The highest BCUT2D eigenvalue weighted by atomic mass is 16.5. The molecular weight excluding hydrogens is 424 g/mol. The van der Waals surface area contributed by atoms with Crippen molar-refractivity contribution in [2.45, 2.75) is 58.4 Å². The van der Waals surface area contributed by atoms with Gasteiger partial charge >= 0.3 is 0 Å². The molecule has 1 saturated heterocycles. The second-order valence-corrected chi connectivity index (χ2v) is 9.85. The van der Waals surface area contributed by atoms with Crippen molar-refractivity contribution in [2.75, 3.05) is 44.7 Å². The Kier molecular flexibility index (Phi) is 8.44. The van der Waals surface area contributed by atoms with Crippen molar-refractivity contribution in [1.29, 1.82) is 0 Å². The number of pyridine rings is 1. The molecule has 184 valence electrons. The molecule has 6 nitrogen and oxygen atoms in total. The number of rotatable bonds is 8. The molecule has 2 heterocycles. The predicted molar refractivity (Wildman–Crippen MR) is 138 cm³/mol. The van der Waals surface area contributed by atoms with Gasteiger partial charge in [0.15, 0.2) is 0 Å². The summed E-state index contributed by atoms with van der Waals surface area (Å²) in [7, 11) is 2.16. The average molecular weight is 465 g/mol. The lowest BCUT2D eigenvalue weighted by atomic mass is 9.84. The van der Waals surface area contributed by atoms with Crippen LogP contribution in [-0.4, -0.2) is 61.7 Å². The number of nitrogens with one attached hydrogen (secondary N) is 1. The predicted octanol–water partition coefficient (Wildman–Crippen LogP) is 4.53. The quantitative estimate of drug-likeness (QED) is 0.622. The van der Waals surface area contributed by atoms with Crippen LogP contribution in [0.2, 0.25) is 0 Å². The summed E-state index contributed by atoms with van der Waals surface area (Å²) < 4.78 is 5.62. The number of carbonyl (C=O) groups excluding carboxylic acids is 1. The van der Waals surface area contributed by atoms with Crippen molar-refractivity contribution >= 4 is 11.7 Å². The molecule has 0 unspecified atom stereocenters. The van der Waals surface area contributed by atoms with Gasteiger partial charge in [-0.3, -0.25) is 4.79 Å². The first kappa shape index (κ1) is 24.5. The number of hydrogen-bond acceptors (Lipinski definition) is 5. The van der Waals surface area contributed by atoms with Gasteiger partial charge in [-0.15, -0.1) is 0 Å². The van der Waals surface area contributed by atoms with Crippen LogP contribution in [0.1, 0.15) is 51.6 Å². The molecule has 1 saturated carbocycles. The van der Waals surface area contributed by atoms with Gasteiger partial charge < -0.3 is 19.9 Å². The smallest absolute Gasteiger partial charge is 0.226 e. The van der Waals surface area contributed by atoms with Crippen molar-refractivity contribution in [3.63, 3.8) is 0 Å². The summed E-state index contributed by atoms with van der Waals surface area (Å²) in [5.74, 6) is 2.53. The molecule has 1 amide bonds. The van der Waals surface area contributed by atoms with Crippen LogP contribution < -0.4 is 15.0 Å². The molecular formula is C28H40N4O2. The van der Waals surface area contributed by atoms with E-state index in [0.717, 1.165) is 54.6 Å². The fourth-order valence-corrected chi connectivity index (χ4v) is 5.19. The lowest BCUT2D eigenvalue weighted by Crippen LogP contribution is -2.45. The fourth-order valence-electron chi connectivity index (χ4n) is 5.19. The molecule has 1 aromatic heterocycles. The average Bonchev–Trinajstić information content (AvgIpc) is 2.86. The van der Waals surface area contributed by atoms with Gasteiger partial charge in [0, 0.05) is 37.8 Å². The first-order chi connectivity index (χ1) is 16.5. The third-order valence-electron chi connectivity index (χ3n) is 7.30. The van der Waals surface area contributed by atoms with Crippen molar-refractivity contribution < 1.29 is 9.53 Å². The van der Waals surface area contributed by atoms with Crippen LogP contribution in [0.3, 0.4) is 0 Å². The number of anilines is 1. The Hall–Kier alpha value is -2.60. The maximum atomic E-state index is 12.9. The van der Waals surface area contributed by atoms with Gasteiger partial charge in [0.2, 0.25) is 5.91 Å². The van der Waals surface area contributed by atoms with Gasteiger partial charge in [0.1, 0.15) is 11.6 Å². The monoisotopic (exact) mass is 464 g/mol. The molecule has 2 aliphatic rings. The minimum atomic E-state index is 0.0729. The van der Waals surface area contributed by atoms with Crippen LogP contribution in [-0.2, 0) is 11.2 Å². The lowest BCUT2D eigenvalue weighted by molar-refractivity contribution is -0.121. The zero-order valence-electron chi connectivity index (χ0n) is 21.1. The molecule has 0 spiro atoms. The Morgan fingerprint density at radius 2 is 1.76 bits per heavy atom. The largest absolute Gasteiger partial charge is 0.494 e. The second kappa shape index (κ2) is 11.7. The number of likely N-dealkylation sites (N-methyl/N-ethyl adjacent to an activating group) is 1. The molecule has 1 atom stereocenters. The molecule has 0 bridgehead atoms. The van der Waals surface area contributed by atoms with E-state index in [-0.39, 0.29) is 11.9 Å². The highest BCUT2D eigenvalue weighted by molar-refractivity contribution is 5.80. The minimum absolute atomic E-state index is 0.0729. The first-order valence-corrected chi connectivity index (χ1v) is 13.0.